The van der Waals surface area contributed by atoms with Gasteiger partial charge in [0.2, 0.25) is 0 Å². The molecule has 0 spiro atoms. The zero-order valence-corrected chi connectivity index (χ0v) is 10.5. The summed E-state index contributed by atoms with van der Waals surface area (Å²) in [5, 5.41) is 0. The average Bonchev–Trinajstić information content (AvgIpc) is 2.47. The van der Waals surface area contributed by atoms with Crippen LogP contribution in [0.4, 0.5) is 0 Å². The Bertz CT molecular complexity index is 488. The van der Waals surface area contributed by atoms with Gasteiger partial charge in [0.15, 0.2) is 5.78 Å². The lowest BCUT2D eigenvalue weighted by Gasteiger charge is -2.26. The summed E-state index contributed by atoms with van der Waals surface area (Å²) < 4.78 is 5.30. The highest BCUT2D eigenvalue weighted by molar-refractivity contribution is 6.00. The number of ether oxygens (including phenoxy) is 1. The van der Waals surface area contributed by atoms with Crippen LogP contribution < -0.4 is 0 Å². The van der Waals surface area contributed by atoms with E-state index < -0.39 is 0 Å². The summed E-state index contributed by atoms with van der Waals surface area (Å²) in [6, 6.07) is 8.37. The van der Waals surface area contributed by atoms with Gasteiger partial charge in [-0.2, -0.15) is 0 Å². The Morgan fingerprint density at radius 2 is 2.06 bits per heavy atom. The largest absolute Gasteiger partial charge is 0.501 e. The van der Waals surface area contributed by atoms with Crippen molar-refractivity contribution >= 4 is 5.78 Å². The highest BCUT2D eigenvalue weighted by Crippen LogP contribution is 2.34. The fraction of sp³-hybridized carbons (Fsp3) is 0.438. The van der Waals surface area contributed by atoms with E-state index in [9.17, 15) is 4.79 Å². The van der Waals surface area contributed by atoms with Gasteiger partial charge in [-0.3, -0.25) is 4.79 Å². The monoisotopic (exact) mass is 242 g/mol. The lowest BCUT2D eigenvalue weighted by Crippen LogP contribution is -2.21. The maximum atomic E-state index is 12.6. The van der Waals surface area contributed by atoms with Crippen molar-refractivity contribution in [1.29, 1.82) is 0 Å². The number of ketones is 1. The highest BCUT2D eigenvalue weighted by Gasteiger charge is 2.28. The van der Waals surface area contributed by atoms with Crippen LogP contribution in [0.25, 0.3) is 0 Å². The fourth-order valence-corrected chi connectivity index (χ4v) is 3.00. The van der Waals surface area contributed by atoms with Crippen LogP contribution in [0, 0.1) is 0 Å². The van der Waals surface area contributed by atoms with Crippen LogP contribution in [0.2, 0.25) is 0 Å². The third kappa shape index (κ3) is 2.07. The molecule has 0 amide bonds. The van der Waals surface area contributed by atoms with Crippen molar-refractivity contribution in [2.24, 2.45) is 0 Å². The number of allylic oxidation sites excluding steroid dienone is 1. The Morgan fingerprint density at radius 3 is 2.89 bits per heavy atom. The molecule has 1 aliphatic heterocycles. The molecule has 1 atom stereocenters. The van der Waals surface area contributed by atoms with Crippen molar-refractivity contribution < 1.29 is 9.53 Å². The van der Waals surface area contributed by atoms with Crippen LogP contribution in [-0.2, 0) is 16.0 Å². The second-order valence-corrected chi connectivity index (χ2v) is 5.13. The quantitative estimate of drug-likeness (QED) is 0.794. The zero-order chi connectivity index (χ0) is 12.4. The molecule has 1 unspecified atom stereocenters. The number of fused-ring (bicyclic) bond motifs is 1. The summed E-state index contributed by atoms with van der Waals surface area (Å²) in [6.07, 6.45) is 6.72. The molecule has 0 saturated carbocycles. The number of Topliss-reactive ketones (excluding diaryl/α,β-unsaturated/α-hetero) is 1. The number of hydrogen-bond donors (Lipinski definition) is 0. The Kier molecular flexibility index (Phi) is 3.18. The van der Waals surface area contributed by atoms with Gasteiger partial charge in [0.05, 0.1) is 12.9 Å². The maximum Gasteiger partial charge on any atom is 0.169 e. The molecule has 1 aromatic rings. The molecule has 0 N–H and O–H groups in total. The lowest BCUT2D eigenvalue weighted by atomic mass is 9.78. The standard InChI is InChI=1S/C16H18O2/c17-16(13-7-4-10-18-11-13)15-9-3-6-12-5-1-2-8-14(12)15/h1-2,5,8,11,15H,3-4,6-7,9-10H2. The normalized spacial score (nSPS) is 22.7. The molecule has 2 heteroatoms. The molecule has 0 aromatic heterocycles. The predicted octanol–water partition coefficient (Wildman–Crippen LogP) is 3.37. The molecule has 1 aromatic carbocycles. The molecule has 2 aliphatic rings. The van der Waals surface area contributed by atoms with Gasteiger partial charge in [-0.1, -0.05) is 24.3 Å². The zero-order valence-electron chi connectivity index (χ0n) is 10.5. The van der Waals surface area contributed by atoms with Crippen molar-refractivity contribution in [2.45, 2.75) is 38.0 Å². The SMILES string of the molecule is O=C(C1=COCCC1)C1CCCc2ccccc21. The Morgan fingerprint density at radius 1 is 1.17 bits per heavy atom. The third-order valence-corrected chi connectivity index (χ3v) is 3.94. The number of hydrogen-bond acceptors (Lipinski definition) is 2. The minimum absolute atomic E-state index is 0.0582. The molecule has 3 rings (SSSR count). The molecule has 1 heterocycles. The van der Waals surface area contributed by atoms with Gasteiger partial charge in [-0.15, -0.1) is 0 Å². The van der Waals surface area contributed by atoms with Crippen molar-refractivity contribution in [3.8, 4) is 0 Å². The number of benzene rings is 1. The van der Waals surface area contributed by atoms with Gasteiger partial charge in [0.25, 0.3) is 0 Å². The minimum Gasteiger partial charge on any atom is -0.501 e. The second-order valence-electron chi connectivity index (χ2n) is 5.13. The summed E-state index contributed by atoms with van der Waals surface area (Å²) in [6.45, 7) is 0.748. The van der Waals surface area contributed by atoms with E-state index >= 15 is 0 Å². The van der Waals surface area contributed by atoms with Gasteiger partial charge in [-0.05, 0) is 43.2 Å². The summed E-state index contributed by atoms with van der Waals surface area (Å²) in [5.74, 6) is 0.338. The van der Waals surface area contributed by atoms with Crippen LogP contribution in [0.5, 0.6) is 0 Å². The molecule has 0 bridgehead atoms. The van der Waals surface area contributed by atoms with Crippen LogP contribution in [0.3, 0.4) is 0 Å². The summed E-state index contributed by atoms with van der Waals surface area (Å²) >= 11 is 0. The fourth-order valence-electron chi connectivity index (χ4n) is 3.00. The van der Waals surface area contributed by atoms with Crippen LogP contribution in [-0.4, -0.2) is 12.4 Å². The molecule has 94 valence electrons. The van der Waals surface area contributed by atoms with Crippen molar-refractivity contribution in [1.82, 2.24) is 0 Å². The third-order valence-electron chi connectivity index (χ3n) is 3.94. The number of aryl methyl sites for hydroxylation is 1. The minimum atomic E-state index is 0.0582. The first-order valence-electron chi connectivity index (χ1n) is 6.79. The first-order chi connectivity index (χ1) is 8.86. The Labute approximate surface area is 108 Å². The molecule has 1 aliphatic carbocycles. The van der Waals surface area contributed by atoms with Gasteiger partial charge >= 0.3 is 0 Å². The van der Waals surface area contributed by atoms with E-state index in [2.05, 4.69) is 18.2 Å². The number of rotatable bonds is 2. The molecule has 0 saturated heterocycles. The van der Waals surface area contributed by atoms with Gasteiger partial charge in [0.1, 0.15) is 0 Å². The number of carbonyl (C=O) groups excluding carboxylic acids is 1. The highest BCUT2D eigenvalue weighted by atomic mass is 16.5. The smallest absolute Gasteiger partial charge is 0.169 e. The van der Waals surface area contributed by atoms with E-state index in [0.29, 0.717) is 0 Å². The summed E-state index contributed by atoms with van der Waals surface area (Å²) in [4.78, 5) is 12.6. The molecule has 18 heavy (non-hydrogen) atoms. The maximum absolute atomic E-state index is 12.6. The molecule has 0 fully saturated rings. The van der Waals surface area contributed by atoms with Crippen LogP contribution in [0.1, 0.15) is 42.7 Å². The van der Waals surface area contributed by atoms with E-state index in [4.69, 9.17) is 4.74 Å². The van der Waals surface area contributed by atoms with Crippen LogP contribution in [0.15, 0.2) is 36.1 Å². The molecule has 0 radical (unpaired) electrons. The van der Waals surface area contributed by atoms with Gasteiger partial charge in [-0.25, -0.2) is 0 Å². The van der Waals surface area contributed by atoms with Gasteiger partial charge in [0, 0.05) is 11.5 Å². The summed E-state index contributed by atoms with van der Waals surface area (Å²) in [5.41, 5.74) is 3.46. The Balaban J connectivity index is 1.89. The average molecular weight is 242 g/mol. The Hall–Kier alpha value is -1.57. The number of carbonyl (C=O) groups is 1. The molecular formula is C16H18O2. The predicted molar refractivity (Wildman–Crippen MR) is 70.4 cm³/mol. The van der Waals surface area contributed by atoms with Crippen molar-refractivity contribution in [2.75, 3.05) is 6.61 Å². The van der Waals surface area contributed by atoms with E-state index in [1.54, 1.807) is 6.26 Å². The first-order valence-corrected chi connectivity index (χ1v) is 6.79. The van der Waals surface area contributed by atoms with Gasteiger partial charge < -0.3 is 4.74 Å². The van der Waals surface area contributed by atoms with Crippen molar-refractivity contribution in [3.63, 3.8) is 0 Å². The topological polar surface area (TPSA) is 26.3 Å². The first kappa shape index (κ1) is 11.5. The lowest BCUT2D eigenvalue weighted by molar-refractivity contribution is -0.117. The molecular weight excluding hydrogens is 224 g/mol. The van der Waals surface area contributed by atoms with Crippen LogP contribution >= 0.6 is 0 Å². The van der Waals surface area contributed by atoms with E-state index in [1.165, 1.54) is 11.1 Å². The summed E-state index contributed by atoms with van der Waals surface area (Å²) in [7, 11) is 0. The van der Waals surface area contributed by atoms with E-state index in [1.807, 2.05) is 6.07 Å². The van der Waals surface area contributed by atoms with E-state index in [0.717, 1.165) is 44.3 Å². The van der Waals surface area contributed by atoms with Crippen molar-refractivity contribution in [3.05, 3.63) is 47.2 Å². The second kappa shape index (κ2) is 4.97. The van der Waals surface area contributed by atoms with E-state index in [-0.39, 0.29) is 11.7 Å². The molecule has 2 nitrogen and oxygen atoms in total.